The van der Waals surface area contributed by atoms with Gasteiger partial charge >= 0.3 is 6.01 Å². The summed E-state index contributed by atoms with van der Waals surface area (Å²) in [6.07, 6.45) is 1.76. The zero-order valence-electron chi connectivity index (χ0n) is 11.2. The van der Waals surface area contributed by atoms with Crippen LogP contribution in [0, 0.1) is 0 Å². The third-order valence-electron chi connectivity index (χ3n) is 3.24. The monoisotopic (exact) mass is 276 g/mol. The number of nitrogens with zero attached hydrogens (tertiary/aromatic N) is 3. The van der Waals surface area contributed by atoms with Crippen LogP contribution in [0.1, 0.15) is 5.82 Å². The van der Waals surface area contributed by atoms with Crippen molar-refractivity contribution in [3.05, 3.63) is 60.6 Å². The highest BCUT2D eigenvalue weighted by molar-refractivity contribution is 5.77. The third-order valence-corrected chi connectivity index (χ3v) is 3.24. The lowest BCUT2D eigenvalue weighted by Crippen LogP contribution is -2.01. The van der Waals surface area contributed by atoms with E-state index >= 15 is 0 Å². The fourth-order valence-corrected chi connectivity index (χ4v) is 2.23. The summed E-state index contributed by atoms with van der Waals surface area (Å²) in [5.74, 6) is 0.757. The van der Waals surface area contributed by atoms with Crippen LogP contribution in [-0.4, -0.2) is 19.9 Å². The number of H-pyrrole nitrogens is 1. The highest BCUT2D eigenvalue weighted by Gasteiger charge is 2.05. The SMILES string of the molecule is c1ccc2nc(OCc3nc4ccccc4[nH]3)ncc2c1. The van der Waals surface area contributed by atoms with Crippen molar-refractivity contribution < 1.29 is 4.74 Å². The molecule has 0 unspecified atom stereocenters. The summed E-state index contributed by atoms with van der Waals surface area (Å²) < 4.78 is 5.61. The first kappa shape index (κ1) is 11.8. The second kappa shape index (κ2) is 4.86. The smallest absolute Gasteiger partial charge is 0.317 e. The first-order chi connectivity index (χ1) is 10.4. The Labute approximate surface area is 120 Å². The van der Waals surface area contributed by atoms with E-state index in [9.17, 15) is 0 Å². The van der Waals surface area contributed by atoms with Crippen LogP contribution in [0.25, 0.3) is 21.9 Å². The molecule has 5 heteroatoms. The van der Waals surface area contributed by atoms with E-state index in [-0.39, 0.29) is 0 Å². The molecule has 2 aromatic carbocycles. The van der Waals surface area contributed by atoms with Gasteiger partial charge in [0.1, 0.15) is 12.4 Å². The van der Waals surface area contributed by atoms with E-state index in [1.54, 1.807) is 6.20 Å². The Morgan fingerprint density at radius 3 is 2.62 bits per heavy atom. The second-order valence-electron chi connectivity index (χ2n) is 4.70. The van der Waals surface area contributed by atoms with Gasteiger partial charge in [0.2, 0.25) is 0 Å². The quantitative estimate of drug-likeness (QED) is 0.624. The summed E-state index contributed by atoms with van der Waals surface area (Å²) in [5.41, 5.74) is 2.79. The highest BCUT2D eigenvalue weighted by atomic mass is 16.5. The molecule has 4 rings (SSSR count). The molecule has 0 aliphatic heterocycles. The lowest BCUT2D eigenvalue weighted by Gasteiger charge is -2.03. The normalized spacial score (nSPS) is 11.0. The maximum absolute atomic E-state index is 5.61. The summed E-state index contributed by atoms with van der Waals surface area (Å²) in [7, 11) is 0. The van der Waals surface area contributed by atoms with Crippen molar-refractivity contribution in [2.45, 2.75) is 6.61 Å². The van der Waals surface area contributed by atoms with Gasteiger partial charge in [-0.3, -0.25) is 0 Å². The Bertz CT molecular complexity index is 883. The van der Waals surface area contributed by atoms with Gasteiger partial charge in [0.15, 0.2) is 0 Å². The molecule has 0 saturated carbocycles. The minimum absolute atomic E-state index is 0.313. The van der Waals surface area contributed by atoms with Gasteiger partial charge in [-0.2, -0.15) is 4.98 Å². The van der Waals surface area contributed by atoms with Crippen molar-refractivity contribution >= 4 is 21.9 Å². The standard InChI is InChI=1S/C16H12N4O/c1-2-6-12-11(5-1)9-17-16(20-12)21-10-15-18-13-7-3-4-8-14(13)19-15/h1-9H,10H2,(H,18,19). The van der Waals surface area contributed by atoms with Crippen molar-refractivity contribution in [3.8, 4) is 6.01 Å². The number of rotatable bonds is 3. The Morgan fingerprint density at radius 2 is 1.71 bits per heavy atom. The molecule has 0 radical (unpaired) electrons. The molecule has 0 spiro atoms. The fourth-order valence-electron chi connectivity index (χ4n) is 2.23. The summed E-state index contributed by atoms with van der Waals surface area (Å²) in [6.45, 7) is 0.313. The average Bonchev–Trinajstić information content (AvgIpc) is 2.95. The number of aromatic amines is 1. The summed E-state index contributed by atoms with van der Waals surface area (Å²) in [6, 6.07) is 16.0. The summed E-state index contributed by atoms with van der Waals surface area (Å²) in [5, 5.41) is 0.994. The van der Waals surface area contributed by atoms with Gasteiger partial charge in [0, 0.05) is 11.6 Å². The largest absolute Gasteiger partial charge is 0.455 e. The number of imidazole rings is 1. The molecule has 2 heterocycles. The first-order valence-electron chi connectivity index (χ1n) is 6.67. The van der Waals surface area contributed by atoms with Crippen LogP contribution < -0.4 is 4.74 Å². The molecule has 0 bridgehead atoms. The Kier molecular flexibility index (Phi) is 2.74. The highest BCUT2D eigenvalue weighted by Crippen LogP contribution is 2.15. The molecule has 0 aliphatic carbocycles. The van der Waals surface area contributed by atoms with Crippen LogP contribution in [0.2, 0.25) is 0 Å². The van der Waals surface area contributed by atoms with Crippen molar-refractivity contribution in [2.75, 3.05) is 0 Å². The molecule has 2 aromatic heterocycles. The first-order valence-corrected chi connectivity index (χ1v) is 6.67. The van der Waals surface area contributed by atoms with Crippen LogP contribution in [0.3, 0.4) is 0 Å². The molecule has 5 nitrogen and oxygen atoms in total. The maximum Gasteiger partial charge on any atom is 0.317 e. The number of benzene rings is 2. The number of hydrogen-bond donors (Lipinski definition) is 1. The Balaban J connectivity index is 1.57. The molecule has 4 aromatic rings. The van der Waals surface area contributed by atoms with Crippen LogP contribution in [0.4, 0.5) is 0 Å². The molecule has 0 amide bonds. The molecule has 1 N–H and O–H groups in total. The maximum atomic E-state index is 5.61. The summed E-state index contributed by atoms with van der Waals surface area (Å²) in [4.78, 5) is 16.2. The zero-order valence-corrected chi connectivity index (χ0v) is 11.2. The molecular formula is C16H12N4O. The molecule has 21 heavy (non-hydrogen) atoms. The molecule has 0 saturated heterocycles. The van der Waals surface area contributed by atoms with Crippen molar-refractivity contribution in [1.82, 2.24) is 19.9 Å². The summed E-state index contributed by atoms with van der Waals surface area (Å²) >= 11 is 0. The van der Waals surface area contributed by atoms with E-state index in [2.05, 4.69) is 19.9 Å². The van der Waals surface area contributed by atoms with E-state index in [0.29, 0.717) is 12.6 Å². The lowest BCUT2D eigenvalue weighted by molar-refractivity contribution is 0.274. The number of fused-ring (bicyclic) bond motifs is 2. The lowest BCUT2D eigenvalue weighted by atomic mass is 10.2. The minimum atomic E-state index is 0.313. The number of ether oxygens (including phenoxy) is 1. The van der Waals surface area contributed by atoms with E-state index in [4.69, 9.17) is 4.74 Å². The van der Waals surface area contributed by atoms with Crippen molar-refractivity contribution in [3.63, 3.8) is 0 Å². The predicted octanol–water partition coefficient (Wildman–Crippen LogP) is 3.09. The Morgan fingerprint density at radius 1 is 0.905 bits per heavy atom. The van der Waals surface area contributed by atoms with Gasteiger partial charge in [0.25, 0.3) is 0 Å². The van der Waals surface area contributed by atoms with E-state index in [1.807, 2.05) is 48.5 Å². The van der Waals surface area contributed by atoms with Crippen LogP contribution in [0.5, 0.6) is 6.01 Å². The van der Waals surface area contributed by atoms with Gasteiger partial charge in [0.05, 0.1) is 16.6 Å². The van der Waals surface area contributed by atoms with Crippen molar-refractivity contribution in [2.24, 2.45) is 0 Å². The number of para-hydroxylation sites is 3. The molecule has 0 atom stereocenters. The van der Waals surface area contributed by atoms with Crippen LogP contribution in [-0.2, 0) is 6.61 Å². The average molecular weight is 276 g/mol. The number of nitrogens with one attached hydrogen (secondary N) is 1. The van der Waals surface area contributed by atoms with E-state index in [1.165, 1.54) is 0 Å². The topological polar surface area (TPSA) is 63.7 Å². The third kappa shape index (κ3) is 2.29. The predicted molar refractivity (Wildman–Crippen MR) is 80.0 cm³/mol. The van der Waals surface area contributed by atoms with Crippen LogP contribution >= 0.6 is 0 Å². The van der Waals surface area contributed by atoms with Gasteiger partial charge in [-0.15, -0.1) is 0 Å². The molecule has 102 valence electrons. The van der Waals surface area contributed by atoms with Gasteiger partial charge in [-0.1, -0.05) is 30.3 Å². The van der Waals surface area contributed by atoms with E-state index < -0.39 is 0 Å². The molecule has 0 aliphatic rings. The van der Waals surface area contributed by atoms with Gasteiger partial charge < -0.3 is 9.72 Å². The number of aromatic nitrogens is 4. The zero-order chi connectivity index (χ0) is 14.1. The molecular weight excluding hydrogens is 264 g/mol. The van der Waals surface area contributed by atoms with Crippen LogP contribution in [0.15, 0.2) is 54.7 Å². The molecule has 0 fully saturated rings. The Hall–Kier alpha value is -2.95. The minimum Gasteiger partial charge on any atom is -0.455 e. The van der Waals surface area contributed by atoms with Gasteiger partial charge in [-0.05, 0) is 18.2 Å². The number of hydrogen-bond acceptors (Lipinski definition) is 4. The van der Waals surface area contributed by atoms with E-state index in [0.717, 1.165) is 27.8 Å². The van der Waals surface area contributed by atoms with Crippen molar-refractivity contribution in [1.29, 1.82) is 0 Å². The fraction of sp³-hybridized carbons (Fsp3) is 0.0625. The second-order valence-corrected chi connectivity index (χ2v) is 4.70. The van der Waals surface area contributed by atoms with Gasteiger partial charge in [-0.25, -0.2) is 9.97 Å².